The molecule has 5 aromatic carbocycles. The quantitative estimate of drug-likeness (QED) is 0.0784. The van der Waals surface area contributed by atoms with Gasteiger partial charge in [0.15, 0.2) is 11.9 Å². The van der Waals surface area contributed by atoms with Gasteiger partial charge in [-0.25, -0.2) is 4.79 Å². The van der Waals surface area contributed by atoms with Crippen molar-refractivity contribution in [1.29, 1.82) is 0 Å². The van der Waals surface area contributed by atoms with E-state index < -0.39 is 24.3 Å². The molecule has 3 atom stereocenters. The van der Waals surface area contributed by atoms with Crippen LogP contribution in [0.1, 0.15) is 43.8 Å². The molecule has 0 spiro atoms. The number of carbonyl (C=O) groups excluding carboxylic acids is 2. The van der Waals surface area contributed by atoms with Crippen LogP contribution in [0.5, 0.6) is 0 Å². The first-order valence-electron chi connectivity index (χ1n) is 15.4. The lowest BCUT2D eigenvalue weighted by atomic mass is 9.98. The third kappa shape index (κ3) is 10.1. The number of hydrogen-bond donors (Lipinski definition) is 0. The van der Waals surface area contributed by atoms with Gasteiger partial charge < -0.3 is 18.9 Å². The van der Waals surface area contributed by atoms with Crippen LogP contribution >= 0.6 is 0 Å². The second-order valence-corrected chi connectivity index (χ2v) is 10.9. The lowest BCUT2D eigenvalue weighted by Crippen LogP contribution is -2.46. The maximum absolute atomic E-state index is 13.6. The Morgan fingerprint density at radius 3 is 1.43 bits per heavy atom. The van der Waals surface area contributed by atoms with E-state index >= 15 is 0 Å². The molecule has 0 N–H and O–H groups in total. The van der Waals surface area contributed by atoms with E-state index in [-0.39, 0.29) is 32.0 Å². The normalized spacial score (nSPS) is 13.0. The van der Waals surface area contributed by atoms with Crippen molar-refractivity contribution < 1.29 is 28.5 Å². The molecular weight excluding hydrogens is 576 g/mol. The Morgan fingerprint density at radius 2 is 0.913 bits per heavy atom. The Labute approximate surface area is 270 Å². The van der Waals surface area contributed by atoms with Crippen molar-refractivity contribution in [2.75, 3.05) is 6.61 Å². The summed E-state index contributed by atoms with van der Waals surface area (Å²) in [5.74, 6) is -0.622. The highest BCUT2D eigenvalue weighted by Crippen LogP contribution is 2.23. The van der Waals surface area contributed by atoms with Gasteiger partial charge in [-0.1, -0.05) is 140 Å². The molecule has 234 valence electrons. The summed E-state index contributed by atoms with van der Waals surface area (Å²) in [4.78, 5) is 27.1. The summed E-state index contributed by atoms with van der Waals surface area (Å²) < 4.78 is 25.4. The summed E-state index contributed by atoms with van der Waals surface area (Å²) in [5, 5.41) is 0. The minimum atomic E-state index is -0.899. The average Bonchev–Trinajstić information content (AvgIpc) is 3.12. The second-order valence-electron chi connectivity index (χ2n) is 10.9. The van der Waals surface area contributed by atoms with Gasteiger partial charge >= 0.3 is 5.97 Å². The van der Waals surface area contributed by atoms with E-state index in [2.05, 4.69) is 0 Å². The number of hydrogen-bond acceptors (Lipinski definition) is 6. The Hall–Kier alpha value is -4.88. The molecule has 3 unspecified atom stereocenters. The summed E-state index contributed by atoms with van der Waals surface area (Å²) in [7, 11) is 0. The standard InChI is InChI=1S/C40H38O6/c41-36(34-22-12-4-13-23-34)26-37(44-28-32-18-8-2-9-19-32)39(45-29-33-20-10-3-11-21-33)38(30-43-27-31-16-6-1-7-17-31)46-40(42)35-24-14-5-15-25-35/h1-25,37-39H,26-30H2. The predicted octanol–water partition coefficient (Wildman–Crippen LogP) is 7.87. The lowest BCUT2D eigenvalue weighted by Gasteiger charge is -2.33. The monoisotopic (exact) mass is 614 g/mol. The van der Waals surface area contributed by atoms with Crippen LogP contribution in [0.4, 0.5) is 0 Å². The number of benzene rings is 5. The van der Waals surface area contributed by atoms with Crippen LogP contribution in [-0.2, 0) is 38.8 Å². The van der Waals surface area contributed by atoms with E-state index in [0.717, 1.165) is 16.7 Å². The van der Waals surface area contributed by atoms with Crippen molar-refractivity contribution in [2.45, 2.75) is 44.6 Å². The highest BCUT2D eigenvalue weighted by atomic mass is 16.6. The maximum Gasteiger partial charge on any atom is 0.338 e. The summed E-state index contributed by atoms with van der Waals surface area (Å²) in [6, 6.07) is 47.2. The summed E-state index contributed by atoms with van der Waals surface area (Å²) in [5.41, 5.74) is 3.82. The van der Waals surface area contributed by atoms with Gasteiger partial charge in [-0.3, -0.25) is 4.79 Å². The number of esters is 1. The van der Waals surface area contributed by atoms with Crippen LogP contribution in [0.25, 0.3) is 0 Å². The fraction of sp³-hybridized carbons (Fsp3) is 0.200. The number of ether oxygens (including phenoxy) is 4. The summed E-state index contributed by atoms with van der Waals surface area (Å²) >= 11 is 0. The molecule has 0 aromatic heterocycles. The largest absolute Gasteiger partial charge is 0.453 e. The van der Waals surface area contributed by atoms with Crippen molar-refractivity contribution in [1.82, 2.24) is 0 Å². The van der Waals surface area contributed by atoms with Crippen molar-refractivity contribution in [3.8, 4) is 0 Å². The molecular formula is C40H38O6. The van der Waals surface area contributed by atoms with E-state index in [1.54, 1.807) is 36.4 Å². The van der Waals surface area contributed by atoms with E-state index in [1.807, 2.05) is 115 Å². The van der Waals surface area contributed by atoms with Gasteiger partial charge in [-0.15, -0.1) is 0 Å². The van der Waals surface area contributed by atoms with Gasteiger partial charge in [0.05, 0.1) is 38.1 Å². The zero-order chi connectivity index (χ0) is 31.8. The van der Waals surface area contributed by atoms with Crippen LogP contribution in [0.2, 0.25) is 0 Å². The Balaban J connectivity index is 1.47. The molecule has 6 nitrogen and oxygen atoms in total. The first kappa shape index (κ1) is 32.5. The average molecular weight is 615 g/mol. The number of ketones is 1. The fourth-order valence-corrected chi connectivity index (χ4v) is 5.04. The predicted molar refractivity (Wildman–Crippen MR) is 177 cm³/mol. The van der Waals surface area contributed by atoms with Gasteiger partial charge in [0.1, 0.15) is 6.10 Å². The topological polar surface area (TPSA) is 71.1 Å². The Kier molecular flexibility index (Phi) is 12.4. The molecule has 0 radical (unpaired) electrons. The van der Waals surface area contributed by atoms with Crippen molar-refractivity contribution >= 4 is 11.8 Å². The van der Waals surface area contributed by atoms with Crippen molar-refractivity contribution in [2.24, 2.45) is 0 Å². The fourth-order valence-electron chi connectivity index (χ4n) is 5.04. The molecule has 0 aliphatic carbocycles. The van der Waals surface area contributed by atoms with Crippen LogP contribution in [0, 0.1) is 0 Å². The first-order chi connectivity index (χ1) is 22.7. The van der Waals surface area contributed by atoms with Gasteiger partial charge in [0.2, 0.25) is 0 Å². The Morgan fingerprint density at radius 1 is 0.478 bits per heavy atom. The zero-order valence-electron chi connectivity index (χ0n) is 25.7. The molecule has 46 heavy (non-hydrogen) atoms. The van der Waals surface area contributed by atoms with Gasteiger partial charge in [0.25, 0.3) is 0 Å². The first-order valence-corrected chi connectivity index (χ1v) is 15.4. The minimum absolute atomic E-state index is 0.00831. The molecule has 0 aliphatic rings. The minimum Gasteiger partial charge on any atom is -0.453 e. The molecule has 0 bridgehead atoms. The SMILES string of the molecule is O=C(CC(OCc1ccccc1)C(OCc1ccccc1)C(COCc1ccccc1)OC(=O)c1ccccc1)c1ccccc1. The van der Waals surface area contributed by atoms with E-state index in [0.29, 0.717) is 17.7 Å². The van der Waals surface area contributed by atoms with E-state index in [4.69, 9.17) is 18.9 Å². The van der Waals surface area contributed by atoms with E-state index in [1.165, 1.54) is 0 Å². The lowest BCUT2D eigenvalue weighted by molar-refractivity contribution is -0.148. The smallest absolute Gasteiger partial charge is 0.338 e. The second kappa shape index (κ2) is 17.6. The third-order valence-corrected chi connectivity index (χ3v) is 7.47. The van der Waals surface area contributed by atoms with Crippen LogP contribution in [0.3, 0.4) is 0 Å². The maximum atomic E-state index is 13.6. The molecule has 6 heteroatoms. The molecule has 0 saturated carbocycles. The molecule has 0 heterocycles. The van der Waals surface area contributed by atoms with Gasteiger partial charge in [-0.2, -0.15) is 0 Å². The highest BCUT2D eigenvalue weighted by Gasteiger charge is 2.36. The molecule has 0 amide bonds. The third-order valence-electron chi connectivity index (χ3n) is 7.47. The number of Topliss-reactive ketones (excluding diaryl/α,β-unsaturated/α-hetero) is 1. The van der Waals surface area contributed by atoms with Crippen LogP contribution in [-0.4, -0.2) is 36.7 Å². The molecule has 5 aromatic rings. The summed E-state index contributed by atoms with van der Waals surface area (Å²) in [6.45, 7) is 0.791. The molecule has 0 saturated heterocycles. The van der Waals surface area contributed by atoms with Crippen molar-refractivity contribution in [3.05, 3.63) is 179 Å². The zero-order valence-corrected chi connectivity index (χ0v) is 25.7. The molecule has 0 aliphatic heterocycles. The van der Waals surface area contributed by atoms with Gasteiger partial charge in [0, 0.05) is 12.0 Å². The number of rotatable bonds is 17. The van der Waals surface area contributed by atoms with Gasteiger partial charge in [-0.05, 0) is 28.8 Å². The highest BCUT2D eigenvalue weighted by molar-refractivity contribution is 5.96. The van der Waals surface area contributed by atoms with Crippen LogP contribution < -0.4 is 0 Å². The molecule has 5 rings (SSSR count). The van der Waals surface area contributed by atoms with Crippen LogP contribution in [0.15, 0.2) is 152 Å². The number of carbonyl (C=O) groups is 2. The van der Waals surface area contributed by atoms with Crippen molar-refractivity contribution in [3.63, 3.8) is 0 Å². The Bertz CT molecular complexity index is 1600. The van der Waals surface area contributed by atoms with E-state index in [9.17, 15) is 9.59 Å². The summed E-state index contributed by atoms with van der Waals surface area (Å²) in [6.07, 6.45) is -2.51. The molecule has 0 fully saturated rings.